The fourth-order valence-corrected chi connectivity index (χ4v) is 10.2. The quantitative estimate of drug-likeness (QED) is 0.177. The van der Waals surface area contributed by atoms with Gasteiger partial charge in [-0.05, 0) is 54.8 Å². The number of benzene rings is 4. The van der Waals surface area contributed by atoms with Gasteiger partial charge in [0, 0.05) is 35.1 Å². The molecule has 5 nitrogen and oxygen atoms in total. The molecule has 2 bridgehead atoms. The maximum atomic E-state index is 13.7. The fraction of sp³-hybridized carbons (Fsp3) is 0.308. The summed E-state index contributed by atoms with van der Waals surface area (Å²) in [6.45, 7) is 0.973. The van der Waals surface area contributed by atoms with Crippen molar-refractivity contribution in [2.75, 3.05) is 19.3 Å². The molecule has 0 aromatic heterocycles. The van der Waals surface area contributed by atoms with Crippen molar-refractivity contribution in [1.82, 2.24) is 10.2 Å². The van der Waals surface area contributed by atoms with Crippen LogP contribution in [0.15, 0.2) is 115 Å². The summed E-state index contributed by atoms with van der Waals surface area (Å²) in [6, 6.07) is 35.8. The number of ether oxygens (including phenoxy) is 1. The van der Waals surface area contributed by atoms with Gasteiger partial charge in [0.25, 0.3) is 0 Å². The van der Waals surface area contributed by atoms with E-state index in [4.69, 9.17) is 4.74 Å². The van der Waals surface area contributed by atoms with Crippen LogP contribution in [-0.2, 0) is 21.4 Å². The zero-order valence-electron chi connectivity index (χ0n) is 25.4. The maximum absolute atomic E-state index is 13.7. The normalized spacial score (nSPS) is 26.2. The number of piperidine rings is 1. The zero-order valence-corrected chi connectivity index (χ0v) is 26.3. The number of phenolic OH excluding ortho intramolecular Hbond substituents is 1. The highest BCUT2D eigenvalue weighted by Crippen LogP contribution is 2.62. The lowest BCUT2D eigenvalue weighted by Gasteiger charge is -2.57. The van der Waals surface area contributed by atoms with Gasteiger partial charge < -0.3 is 20.1 Å². The molecule has 2 aliphatic heterocycles. The Bertz CT molecular complexity index is 1650. The maximum Gasteiger partial charge on any atom is 0.221 e. The van der Waals surface area contributed by atoms with E-state index in [0.717, 1.165) is 19.4 Å². The van der Waals surface area contributed by atoms with Gasteiger partial charge in [0.15, 0.2) is 11.5 Å². The first-order valence-corrected chi connectivity index (χ1v) is 17.0. The van der Waals surface area contributed by atoms with Crippen LogP contribution < -0.4 is 10.1 Å². The van der Waals surface area contributed by atoms with E-state index in [9.17, 15) is 9.90 Å². The molecule has 1 saturated heterocycles. The second-order valence-corrected chi connectivity index (χ2v) is 14.2. The van der Waals surface area contributed by atoms with Gasteiger partial charge in [0.05, 0.1) is 10.8 Å². The Morgan fingerprint density at radius 2 is 1.56 bits per heavy atom. The highest BCUT2D eigenvalue weighted by Gasteiger charge is 2.64. The molecule has 4 aromatic rings. The van der Waals surface area contributed by atoms with Crippen LogP contribution in [0.3, 0.4) is 0 Å². The molecule has 6 heteroatoms. The molecule has 228 valence electrons. The van der Waals surface area contributed by atoms with Crippen LogP contribution in [0, 0.1) is 5.92 Å². The molecule has 2 heterocycles. The molecule has 5 atom stereocenters. The monoisotopic (exact) mass is 614 g/mol. The Morgan fingerprint density at radius 1 is 0.933 bits per heavy atom. The third-order valence-corrected chi connectivity index (χ3v) is 12.2. The van der Waals surface area contributed by atoms with E-state index in [1.54, 1.807) is 17.8 Å². The van der Waals surface area contributed by atoms with Crippen molar-refractivity contribution in [3.63, 3.8) is 0 Å². The van der Waals surface area contributed by atoms with E-state index in [2.05, 4.69) is 126 Å². The molecule has 2 N–H and O–H groups in total. The van der Waals surface area contributed by atoms with Crippen LogP contribution >= 0.6 is 11.8 Å². The zero-order chi connectivity index (χ0) is 30.6. The Labute approximate surface area is 269 Å². The van der Waals surface area contributed by atoms with Crippen LogP contribution in [0.25, 0.3) is 0 Å². The summed E-state index contributed by atoms with van der Waals surface area (Å²) in [7, 11) is 2.22. The molecule has 1 amide bonds. The molecule has 0 radical (unpaired) electrons. The number of aromatic hydroxyl groups is 1. The molecule has 4 aromatic carbocycles. The van der Waals surface area contributed by atoms with E-state index >= 15 is 0 Å². The fourth-order valence-electron chi connectivity index (χ4n) is 8.71. The van der Waals surface area contributed by atoms with Crippen LogP contribution in [0.2, 0.25) is 0 Å². The number of likely N-dealkylation sites (tertiary alicyclic amines) is 1. The summed E-state index contributed by atoms with van der Waals surface area (Å²) >= 11 is 1.81. The molecule has 45 heavy (non-hydrogen) atoms. The molecule has 1 fully saturated rings. The Hall–Kier alpha value is -4.00. The number of amides is 1. The van der Waals surface area contributed by atoms with Crippen molar-refractivity contribution < 1.29 is 14.6 Å². The average molecular weight is 615 g/mol. The van der Waals surface area contributed by atoms with Crippen molar-refractivity contribution in [3.8, 4) is 11.5 Å². The van der Waals surface area contributed by atoms with Crippen molar-refractivity contribution >= 4 is 17.7 Å². The third-order valence-electron chi connectivity index (χ3n) is 10.7. The van der Waals surface area contributed by atoms with Gasteiger partial charge >= 0.3 is 0 Å². The van der Waals surface area contributed by atoms with Crippen LogP contribution in [-0.4, -0.2) is 53.4 Å². The number of likely N-dealkylation sites (N-methyl/N-ethyl adjacent to an activating group) is 1. The van der Waals surface area contributed by atoms with E-state index in [1.165, 1.54) is 27.8 Å². The van der Waals surface area contributed by atoms with Crippen LogP contribution in [0.5, 0.6) is 11.5 Å². The van der Waals surface area contributed by atoms with Gasteiger partial charge in [-0.25, -0.2) is 0 Å². The number of carbonyl (C=O) groups is 1. The molecule has 1 spiro atoms. The molecular formula is C39H38N2O3S. The number of nitrogens with one attached hydrogen (secondary N) is 1. The predicted molar refractivity (Wildman–Crippen MR) is 180 cm³/mol. The van der Waals surface area contributed by atoms with E-state index in [1.807, 2.05) is 0 Å². The van der Waals surface area contributed by atoms with Gasteiger partial charge in [-0.3, -0.25) is 4.79 Å². The first kappa shape index (κ1) is 28.5. The lowest BCUT2D eigenvalue weighted by molar-refractivity contribution is -0.122. The number of hydrogen-bond acceptors (Lipinski definition) is 5. The second-order valence-electron chi connectivity index (χ2n) is 12.9. The highest BCUT2D eigenvalue weighted by atomic mass is 32.2. The number of phenols is 1. The van der Waals surface area contributed by atoms with Crippen molar-refractivity contribution in [2.45, 2.75) is 47.6 Å². The van der Waals surface area contributed by atoms with Gasteiger partial charge in [-0.1, -0.05) is 109 Å². The Morgan fingerprint density at radius 3 is 2.18 bits per heavy atom. The number of hydrogen-bond donors (Lipinski definition) is 2. The van der Waals surface area contributed by atoms with Gasteiger partial charge in [0.2, 0.25) is 5.91 Å². The standard InChI is InChI=1S/C39H38N2O3S/c1-41-23-22-38-30-18-19-31(37(38)44-36-33(42)20-17-26(35(36)38)25-32(30)41)40-34(43)21-24-45-39(27-11-5-2-6-12-27,28-13-7-3-8-14-28)29-15-9-4-10-16-29/h2-20,30-32,37,42H,21-25H2,1H3,(H,40,43)/t30-,31-,32+,37-,38-/m0/s1. The van der Waals surface area contributed by atoms with Crippen molar-refractivity contribution in [2.24, 2.45) is 5.92 Å². The lowest BCUT2D eigenvalue weighted by Crippen LogP contribution is -2.66. The van der Waals surface area contributed by atoms with Crippen molar-refractivity contribution in [1.29, 1.82) is 0 Å². The van der Waals surface area contributed by atoms with Crippen LogP contribution in [0.1, 0.15) is 40.7 Å². The summed E-state index contributed by atoms with van der Waals surface area (Å²) in [5.41, 5.74) is 5.79. The summed E-state index contributed by atoms with van der Waals surface area (Å²) in [5.74, 6) is 1.78. The summed E-state index contributed by atoms with van der Waals surface area (Å²) in [4.78, 5) is 16.2. The largest absolute Gasteiger partial charge is 0.504 e. The third kappa shape index (κ3) is 4.37. The molecule has 2 aliphatic carbocycles. The number of rotatable bonds is 8. The molecule has 0 saturated carbocycles. The Balaban J connectivity index is 1.06. The SMILES string of the molecule is CN1CC[C@]23c4c5ccc(O)c4O[C@H]2[C@@H](NC(=O)CCSC(c2ccccc2)(c2ccccc2)c2ccccc2)C=C[C@H]3[C@H]1C5. The summed E-state index contributed by atoms with van der Waals surface area (Å²) < 4.78 is 6.19. The van der Waals surface area contributed by atoms with Crippen molar-refractivity contribution in [3.05, 3.63) is 143 Å². The lowest BCUT2D eigenvalue weighted by atomic mass is 9.53. The molecule has 4 aliphatic rings. The number of carbonyl (C=O) groups excluding carboxylic acids is 1. The summed E-state index contributed by atoms with van der Waals surface area (Å²) in [5, 5.41) is 14.2. The van der Waals surface area contributed by atoms with Gasteiger partial charge in [0.1, 0.15) is 6.10 Å². The Kier molecular flexibility index (Phi) is 7.03. The minimum Gasteiger partial charge on any atom is -0.504 e. The van der Waals surface area contributed by atoms with E-state index in [0.29, 0.717) is 29.9 Å². The van der Waals surface area contributed by atoms with Gasteiger partial charge in [-0.2, -0.15) is 0 Å². The first-order valence-electron chi connectivity index (χ1n) is 16.0. The number of nitrogens with zero attached hydrogens (tertiary/aromatic N) is 1. The van der Waals surface area contributed by atoms with Crippen LogP contribution in [0.4, 0.5) is 0 Å². The average Bonchev–Trinajstić information content (AvgIpc) is 3.44. The molecular weight excluding hydrogens is 577 g/mol. The molecule has 8 rings (SSSR count). The minimum absolute atomic E-state index is 0.0133. The van der Waals surface area contributed by atoms with Gasteiger partial charge in [-0.15, -0.1) is 11.8 Å². The number of thioether (sulfide) groups is 1. The van der Waals surface area contributed by atoms with E-state index < -0.39 is 4.75 Å². The second kappa shape index (κ2) is 11.1. The van der Waals surface area contributed by atoms with E-state index in [-0.39, 0.29) is 29.2 Å². The minimum atomic E-state index is -0.462. The highest BCUT2D eigenvalue weighted by molar-refractivity contribution is 8.00. The smallest absolute Gasteiger partial charge is 0.221 e. The first-order chi connectivity index (χ1) is 22.0. The predicted octanol–water partition coefficient (Wildman–Crippen LogP) is 6.44. The molecule has 0 unspecified atom stereocenters. The summed E-state index contributed by atoms with van der Waals surface area (Å²) in [6.07, 6.45) is 6.51. The topological polar surface area (TPSA) is 61.8 Å².